The van der Waals surface area contributed by atoms with Crippen molar-refractivity contribution in [1.29, 1.82) is 5.26 Å². The van der Waals surface area contributed by atoms with E-state index >= 15 is 0 Å². The molecule has 4 rings (SSSR count). The summed E-state index contributed by atoms with van der Waals surface area (Å²) in [5, 5.41) is 12.5. The van der Waals surface area contributed by atoms with E-state index in [4.69, 9.17) is 14.7 Å². The zero-order valence-corrected chi connectivity index (χ0v) is 15.8. The summed E-state index contributed by atoms with van der Waals surface area (Å²) in [6, 6.07) is 13.3. The van der Waals surface area contributed by atoms with Crippen molar-refractivity contribution in [3.8, 4) is 17.6 Å². The van der Waals surface area contributed by atoms with Gasteiger partial charge in [-0.15, -0.1) is 0 Å². The number of fused-ring (bicyclic) bond motifs is 1. The minimum absolute atomic E-state index is 0.407. The van der Waals surface area contributed by atoms with E-state index in [1.165, 1.54) is 0 Å². The highest BCUT2D eigenvalue weighted by molar-refractivity contribution is 5.89. The molecule has 28 heavy (non-hydrogen) atoms. The van der Waals surface area contributed by atoms with E-state index in [9.17, 15) is 4.79 Å². The molecule has 2 aliphatic heterocycles. The van der Waals surface area contributed by atoms with E-state index in [1.54, 1.807) is 6.07 Å². The van der Waals surface area contributed by atoms with Crippen molar-refractivity contribution < 1.29 is 14.3 Å². The molecule has 142 valence electrons. The Kier molecular flexibility index (Phi) is 4.89. The number of hydrogen-bond acceptors (Lipinski definition) is 5. The number of nitrogens with one attached hydrogen (secondary N) is 1. The monoisotopic (exact) mass is 374 g/mol. The van der Waals surface area contributed by atoms with Gasteiger partial charge >= 0.3 is 0 Å². The van der Waals surface area contributed by atoms with Gasteiger partial charge in [-0.1, -0.05) is 12.1 Å². The summed E-state index contributed by atoms with van der Waals surface area (Å²) in [4.78, 5) is 11.5. The average Bonchev–Trinajstić information content (AvgIpc) is 2.74. The molecule has 0 atom stereocenters. The van der Waals surface area contributed by atoms with Crippen LogP contribution in [0.5, 0.6) is 11.5 Å². The Morgan fingerprint density at radius 1 is 1.25 bits per heavy atom. The molecule has 5 heteroatoms. The van der Waals surface area contributed by atoms with Gasteiger partial charge in [-0.25, -0.2) is 0 Å². The molecule has 5 nitrogen and oxygen atoms in total. The first-order valence-corrected chi connectivity index (χ1v) is 9.57. The third-order valence-corrected chi connectivity index (χ3v) is 5.29. The number of rotatable bonds is 4. The molecule has 0 unspecified atom stereocenters. The summed E-state index contributed by atoms with van der Waals surface area (Å²) >= 11 is 0. The Bertz CT molecular complexity index is 965. The lowest BCUT2D eigenvalue weighted by Crippen LogP contribution is -2.46. The van der Waals surface area contributed by atoms with Gasteiger partial charge in [0.25, 0.3) is 0 Å². The molecule has 2 aromatic rings. The molecule has 0 bridgehead atoms. The van der Waals surface area contributed by atoms with Crippen molar-refractivity contribution in [2.75, 3.05) is 19.7 Å². The zero-order valence-electron chi connectivity index (χ0n) is 15.8. The molecule has 2 aromatic carbocycles. The van der Waals surface area contributed by atoms with Gasteiger partial charge in [0.2, 0.25) is 0 Å². The fourth-order valence-electron chi connectivity index (χ4n) is 3.89. The number of nitriles is 1. The quantitative estimate of drug-likeness (QED) is 0.826. The number of nitrogens with zero attached hydrogens (tertiary/aromatic N) is 1. The summed E-state index contributed by atoms with van der Waals surface area (Å²) < 4.78 is 12.4. The molecule has 0 amide bonds. The highest BCUT2D eigenvalue weighted by Gasteiger charge is 2.38. The molecule has 1 N–H and O–H groups in total. The van der Waals surface area contributed by atoms with Gasteiger partial charge in [0, 0.05) is 24.0 Å². The van der Waals surface area contributed by atoms with Gasteiger partial charge in [-0.05, 0) is 61.5 Å². The largest absolute Gasteiger partial charge is 0.490 e. The summed E-state index contributed by atoms with van der Waals surface area (Å²) in [7, 11) is 0. The van der Waals surface area contributed by atoms with E-state index in [0.717, 1.165) is 48.9 Å². The van der Waals surface area contributed by atoms with Crippen LogP contribution in [0.2, 0.25) is 0 Å². The summed E-state index contributed by atoms with van der Waals surface area (Å²) in [6.07, 6.45) is 4.72. The average molecular weight is 374 g/mol. The lowest BCUT2D eigenvalue weighted by atomic mass is 9.82. The van der Waals surface area contributed by atoms with E-state index < -0.39 is 5.60 Å². The van der Waals surface area contributed by atoms with Gasteiger partial charge < -0.3 is 14.8 Å². The molecule has 2 aliphatic rings. The third kappa shape index (κ3) is 3.28. The second-order valence-corrected chi connectivity index (χ2v) is 7.11. The van der Waals surface area contributed by atoms with Crippen molar-refractivity contribution in [2.24, 2.45) is 0 Å². The predicted molar refractivity (Wildman–Crippen MR) is 107 cm³/mol. The maximum Gasteiger partial charge on any atom is 0.170 e. The number of carbonyl (C=O) groups excluding carboxylic acids is 1. The van der Waals surface area contributed by atoms with Crippen LogP contribution < -0.4 is 14.8 Å². The van der Waals surface area contributed by atoms with E-state index in [1.807, 2.05) is 37.3 Å². The number of benzene rings is 2. The van der Waals surface area contributed by atoms with Gasteiger partial charge in [0.05, 0.1) is 18.2 Å². The summed E-state index contributed by atoms with van der Waals surface area (Å²) in [5.41, 5.74) is 3.61. The molecule has 2 heterocycles. The molecular formula is C23H22N2O3. The molecule has 0 aliphatic carbocycles. The van der Waals surface area contributed by atoms with Crippen LogP contribution in [0.3, 0.4) is 0 Å². The maximum absolute atomic E-state index is 11.5. The van der Waals surface area contributed by atoms with Gasteiger partial charge in [0.1, 0.15) is 11.9 Å². The topological polar surface area (TPSA) is 71.3 Å². The van der Waals surface area contributed by atoms with Crippen molar-refractivity contribution in [2.45, 2.75) is 25.4 Å². The molecule has 1 fully saturated rings. The Morgan fingerprint density at radius 3 is 2.64 bits per heavy atom. The highest BCUT2D eigenvalue weighted by Crippen LogP contribution is 2.47. The van der Waals surface area contributed by atoms with E-state index in [-0.39, 0.29) is 0 Å². The Labute approximate surface area is 164 Å². The predicted octanol–water partition coefficient (Wildman–Crippen LogP) is 3.72. The van der Waals surface area contributed by atoms with E-state index in [0.29, 0.717) is 29.2 Å². The fourth-order valence-corrected chi connectivity index (χ4v) is 3.89. The SMILES string of the molecule is CCOc1cc(C=O)cc2c1OC1(C=C2c2ccc(C#N)cc2)CCNCC1. The van der Waals surface area contributed by atoms with Crippen LogP contribution in [0.15, 0.2) is 42.5 Å². The first-order valence-electron chi connectivity index (χ1n) is 9.57. The van der Waals surface area contributed by atoms with Crippen molar-refractivity contribution in [3.05, 3.63) is 64.7 Å². The number of hydrogen-bond donors (Lipinski definition) is 1. The van der Waals surface area contributed by atoms with E-state index in [2.05, 4.69) is 17.5 Å². The second kappa shape index (κ2) is 7.49. The standard InChI is InChI=1S/C23H22N2O3/c1-2-27-21-12-17(15-26)11-19-20(18-5-3-16(14-24)4-6-18)13-23(28-22(19)21)7-9-25-10-8-23/h3-6,11-13,15,25H,2,7-10H2,1H3. The molecule has 1 spiro atoms. The maximum atomic E-state index is 11.5. The minimum atomic E-state index is -0.407. The fraction of sp³-hybridized carbons (Fsp3) is 0.304. The first kappa shape index (κ1) is 18.3. The normalized spacial score (nSPS) is 17.1. The van der Waals surface area contributed by atoms with Crippen molar-refractivity contribution >= 4 is 11.9 Å². The Morgan fingerprint density at radius 2 is 2.00 bits per heavy atom. The van der Waals surface area contributed by atoms with Crippen LogP contribution in [0, 0.1) is 11.3 Å². The molecule has 1 saturated heterocycles. The van der Waals surface area contributed by atoms with Crippen LogP contribution in [0.1, 0.15) is 46.8 Å². The Balaban J connectivity index is 1.91. The molecule has 0 aromatic heterocycles. The summed E-state index contributed by atoms with van der Waals surface area (Å²) in [5.74, 6) is 1.29. The molecule has 0 saturated carbocycles. The van der Waals surface area contributed by atoms with Crippen LogP contribution in [-0.2, 0) is 0 Å². The Hall–Kier alpha value is -3.10. The van der Waals surface area contributed by atoms with Gasteiger partial charge in [-0.2, -0.15) is 5.26 Å². The van der Waals surface area contributed by atoms with Crippen LogP contribution in [-0.4, -0.2) is 31.6 Å². The molecule has 0 radical (unpaired) electrons. The van der Waals surface area contributed by atoms with Crippen molar-refractivity contribution in [1.82, 2.24) is 5.32 Å². The number of piperidine rings is 1. The van der Waals surface area contributed by atoms with Crippen LogP contribution in [0.4, 0.5) is 0 Å². The van der Waals surface area contributed by atoms with Crippen LogP contribution >= 0.6 is 0 Å². The number of aldehydes is 1. The van der Waals surface area contributed by atoms with Crippen molar-refractivity contribution in [3.63, 3.8) is 0 Å². The van der Waals surface area contributed by atoms with Crippen LogP contribution in [0.25, 0.3) is 5.57 Å². The minimum Gasteiger partial charge on any atom is -0.490 e. The lowest BCUT2D eigenvalue weighted by Gasteiger charge is -2.40. The molecular weight excluding hydrogens is 352 g/mol. The van der Waals surface area contributed by atoms with Gasteiger partial charge in [-0.3, -0.25) is 4.79 Å². The summed E-state index contributed by atoms with van der Waals surface area (Å²) in [6.45, 7) is 4.16. The number of ether oxygens (including phenoxy) is 2. The highest BCUT2D eigenvalue weighted by atomic mass is 16.5. The smallest absolute Gasteiger partial charge is 0.170 e. The second-order valence-electron chi connectivity index (χ2n) is 7.11. The zero-order chi connectivity index (χ0) is 19.6. The lowest BCUT2D eigenvalue weighted by molar-refractivity contribution is 0.0772. The number of carbonyl (C=O) groups is 1. The third-order valence-electron chi connectivity index (χ3n) is 5.29. The first-order chi connectivity index (χ1) is 13.7. The van der Waals surface area contributed by atoms with Gasteiger partial charge in [0.15, 0.2) is 11.5 Å².